The molecule has 1 N–H and O–H groups in total. The SMILES string of the molecule is O=C(Cc1ccccn1)N1CC(=O)N2[C@H](C1)[C@H](c1ccc(C#CC3CC3)cc1)[C@@H]2CO. The highest BCUT2D eigenvalue weighted by Crippen LogP contribution is 2.43. The van der Waals surface area contributed by atoms with E-state index in [2.05, 4.69) is 16.8 Å². The van der Waals surface area contributed by atoms with Gasteiger partial charge in [-0.25, -0.2) is 0 Å². The topological polar surface area (TPSA) is 73.7 Å². The number of pyridine rings is 1. The first kappa shape index (κ1) is 19.8. The van der Waals surface area contributed by atoms with Crippen LogP contribution in [0.1, 0.15) is 35.6 Å². The number of fused-ring (bicyclic) bond motifs is 1. The molecule has 6 nitrogen and oxygen atoms in total. The maximum Gasteiger partial charge on any atom is 0.242 e. The normalized spacial score (nSPS) is 24.7. The first-order valence-electron chi connectivity index (χ1n) is 10.9. The van der Waals surface area contributed by atoms with Gasteiger partial charge in [-0.3, -0.25) is 14.6 Å². The number of carbonyl (C=O) groups excluding carboxylic acids is 2. The smallest absolute Gasteiger partial charge is 0.242 e. The lowest BCUT2D eigenvalue weighted by Gasteiger charge is -2.58. The summed E-state index contributed by atoms with van der Waals surface area (Å²) in [5.41, 5.74) is 2.76. The van der Waals surface area contributed by atoms with Crippen molar-refractivity contribution < 1.29 is 14.7 Å². The molecule has 3 heterocycles. The Morgan fingerprint density at radius 1 is 1.16 bits per heavy atom. The van der Waals surface area contributed by atoms with E-state index in [0.29, 0.717) is 18.2 Å². The van der Waals surface area contributed by atoms with Crippen LogP contribution in [0.15, 0.2) is 48.7 Å². The maximum absolute atomic E-state index is 12.8. The average molecular weight is 415 g/mol. The Labute approximate surface area is 181 Å². The van der Waals surface area contributed by atoms with Crippen LogP contribution >= 0.6 is 0 Å². The number of aliphatic hydroxyl groups is 1. The van der Waals surface area contributed by atoms with E-state index in [1.165, 1.54) is 12.8 Å². The van der Waals surface area contributed by atoms with Gasteiger partial charge in [0, 0.05) is 35.8 Å². The lowest BCUT2D eigenvalue weighted by atomic mass is 9.73. The fourth-order valence-electron chi connectivity index (χ4n) is 4.66. The molecular formula is C25H25N3O3. The van der Waals surface area contributed by atoms with Gasteiger partial charge >= 0.3 is 0 Å². The Balaban J connectivity index is 1.31. The predicted molar refractivity (Wildman–Crippen MR) is 115 cm³/mol. The molecule has 6 heteroatoms. The van der Waals surface area contributed by atoms with Crippen molar-refractivity contribution in [1.29, 1.82) is 0 Å². The number of benzene rings is 1. The van der Waals surface area contributed by atoms with Crippen LogP contribution in [-0.4, -0.2) is 63.5 Å². The molecule has 31 heavy (non-hydrogen) atoms. The lowest BCUT2D eigenvalue weighted by molar-refractivity contribution is -0.166. The van der Waals surface area contributed by atoms with Crippen LogP contribution < -0.4 is 0 Å². The Hall–Kier alpha value is -3.17. The van der Waals surface area contributed by atoms with Gasteiger partial charge in [-0.15, -0.1) is 0 Å². The molecule has 3 aliphatic rings. The third kappa shape index (κ3) is 3.94. The summed E-state index contributed by atoms with van der Waals surface area (Å²) in [6, 6.07) is 13.2. The van der Waals surface area contributed by atoms with Gasteiger partial charge in [-0.05, 0) is 42.7 Å². The summed E-state index contributed by atoms with van der Waals surface area (Å²) in [4.78, 5) is 33.2. The maximum atomic E-state index is 12.8. The molecule has 5 rings (SSSR count). The van der Waals surface area contributed by atoms with Crippen LogP contribution in [0.3, 0.4) is 0 Å². The second kappa shape index (κ2) is 8.16. The third-order valence-electron chi connectivity index (χ3n) is 6.46. The number of hydrogen-bond donors (Lipinski definition) is 1. The van der Waals surface area contributed by atoms with Crippen molar-refractivity contribution in [2.24, 2.45) is 5.92 Å². The number of aliphatic hydroxyl groups excluding tert-OH is 1. The minimum atomic E-state index is -0.242. The molecule has 2 aliphatic heterocycles. The van der Waals surface area contributed by atoms with Crippen LogP contribution in [0.25, 0.3) is 0 Å². The van der Waals surface area contributed by atoms with E-state index in [4.69, 9.17) is 0 Å². The molecule has 2 aromatic rings. The Morgan fingerprint density at radius 2 is 1.97 bits per heavy atom. The van der Waals surface area contributed by atoms with Gasteiger partial charge in [0.2, 0.25) is 11.8 Å². The van der Waals surface area contributed by atoms with Crippen molar-refractivity contribution in [2.75, 3.05) is 19.7 Å². The highest BCUT2D eigenvalue weighted by molar-refractivity contribution is 5.88. The number of rotatable bonds is 4. The molecule has 2 amide bonds. The van der Waals surface area contributed by atoms with E-state index < -0.39 is 0 Å². The number of carbonyl (C=O) groups is 2. The van der Waals surface area contributed by atoms with Gasteiger partial charge in [0.05, 0.1) is 31.7 Å². The zero-order valence-electron chi connectivity index (χ0n) is 17.3. The number of nitrogens with zero attached hydrogens (tertiary/aromatic N) is 3. The zero-order chi connectivity index (χ0) is 21.4. The molecule has 2 saturated heterocycles. The van der Waals surface area contributed by atoms with Crippen LogP contribution in [0.2, 0.25) is 0 Å². The molecule has 3 fully saturated rings. The number of amides is 2. The number of hydrogen-bond acceptors (Lipinski definition) is 4. The van der Waals surface area contributed by atoms with Gasteiger partial charge in [0.1, 0.15) is 0 Å². The molecule has 0 unspecified atom stereocenters. The summed E-state index contributed by atoms with van der Waals surface area (Å²) < 4.78 is 0. The second-order valence-electron chi connectivity index (χ2n) is 8.58. The van der Waals surface area contributed by atoms with Crippen LogP contribution in [0.5, 0.6) is 0 Å². The number of aromatic nitrogens is 1. The van der Waals surface area contributed by atoms with Crippen LogP contribution in [-0.2, 0) is 16.0 Å². The van der Waals surface area contributed by atoms with Crippen LogP contribution in [0, 0.1) is 17.8 Å². The minimum absolute atomic E-state index is 0.00448. The van der Waals surface area contributed by atoms with Gasteiger partial charge < -0.3 is 14.9 Å². The van der Waals surface area contributed by atoms with Crippen molar-refractivity contribution in [3.63, 3.8) is 0 Å². The van der Waals surface area contributed by atoms with E-state index in [0.717, 1.165) is 11.1 Å². The molecule has 1 aromatic carbocycles. The molecular weight excluding hydrogens is 390 g/mol. The van der Waals surface area contributed by atoms with E-state index in [1.807, 2.05) is 42.5 Å². The van der Waals surface area contributed by atoms with Crippen molar-refractivity contribution in [3.8, 4) is 11.8 Å². The fourth-order valence-corrected chi connectivity index (χ4v) is 4.66. The average Bonchev–Trinajstić information content (AvgIpc) is 3.60. The van der Waals surface area contributed by atoms with Crippen molar-refractivity contribution >= 4 is 11.8 Å². The summed E-state index contributed by atoms with van der Waals surface area (Å²) in [5, 5.41) is 9.95. The highest BCUT2D eigenvalue weighted by Gasteiger charge is 2.54. The Bertz CT molecular complexity index is 1040. The first-order chi connectivity index (χ1) is 15.1. The molecule has 0 spiro atoms. The van der Waals surface area contributed by atoms with Crippen molar-refractivity contribution in [1.82, 2.24) is 14.8 Å². The standard InChI is InChI=1S/C25H25N3O3/c29-16-22-25(19-10-8-18(9-11-19)7-6-17-4-5-17)21-14-27(15-24(31)28(21)22)23(30)13-20-3-1-2-12-26-20/h1-3,8-12,17,21-22,25,29H,4-5,13-16H2/t21-,22+,25+/m1/s1. The van der Waals surface area contributed by atoms with Gasteiger partial charge in [-0.2, -0.15) is 0 Å². The number of piperazine rings is 1. The summed E-state index contributed by atoms with van der Waals surface area (Å²) in [6.07, 6.45) is 4.25. The van der Waals surface area contributed by atoms with Crippen molar-refractivity contribution in [3.05, 3.63) is 65.5 Å². The first-order valence-corrected chi connectivity index (χ1v) is 10.9. The molecule has 0 radical (unpaired) electrons. The van der Waals surface area contributed by atoms with E-state index >= 15 is 0 Å². The predicted octanol–water partition coefficient (Wildman–Crippen LogP) is 1.58. The summed E-state index contributed by atoms with van der Waals surface area (Å²) in [5.74, 6) is 6.85. The highest BCUT2D eigenvalue weighted by atomic mass is 16.3. The molecule has 1 saturated carbocycles. The van der Waals surface area contributed by atoms with Gasteiger partial charge in [-0.1, -0.05) is 30.0 Å². The minimum Gasteiger partial charge on any atom is -0.394 e. The van der Waals surface area contributed by atoms with E-state index in [-0.39, 0.29) is 49.4 Å². The Morgan fingerprint density at radius 3 is 2.65 bits per heavy atom. The summed E-state index contributed by atoms with van der Waals surface area (Å²) >= 11 is 0. The van der Waals surface area contributed by atoms with Crippen molar-refractivity contribution in [2.45, 2.75) is 37.3 Å². The third-order valence-corrected chi connectivity index (χ3v) is 6.46. The molecule has 1 aliphatic carbocycles. The van der Waals surface area contributed by atoms with Crippen LogP contribution in [0.4, 0.5) is 0 Å². The monoisotopic (exact) mass is 415 g/mol. The van der Waals surface area contributed by atoms with E-state index in [9.17, 15) is 14.7 Å². The zero-order valence-corrected chi connectivity index (χ0v) is 17.3. The Kier molecular flexibility index (Phi) is 5.21. The van der Waals surface area contributed by atoms with E-state index in [1.54, 1.807) is 16.0 Å². The molecule has 0 bridgehead atoms. The summed E-state index contributed by atoms with van der Waals surface area (Å²) in [6.45, 7) is 0.445. The molecule has 3 atom stereocenters. The second-order valence-corrected chi connectivity index (χ2v) is 8.58. The quantitative estimate of drug-likeness (QED) is 0.770. The largest absolute Gasteiger partial charge is 0.394 e. The summed E-state index contributed by atoms with van der Waals surface area (Å²) in [7, 11) is 0. The lowest BCUT2D eigenvalue weighted by Crippen LogP contribution is -2.73. The fraction of sp³-hybridized carbons (Fsp3) is 0.400. The van der Waals surface area contributed by atoms with Gasteiger partial charge in [0.25, 0.3) is 0 Å². The van der Waals surface area contributed by atoms with Gasteiger partial charge in [0.15, 0.2) is 0 Å². The molecule has 158 valence electrons. The molecule has 1 aromatic heterocycles.